The maximum absolute atomic E-state index is 14.7. The number of allylic oxidation sites excluding steroid dienone is 1. The first kappa shape index (κ1) is 27.1. The molecule has 3 aromatic rings. The third kappa shape index (κ3) is 6.13. The van der Waals surface area contributed by atoms with Gasteiger partial charge in [-0.25, -0.2) is 14.4 Å². The molecule has 2 N–H and O–H groups in total. The molecular weight excluding hydrogens is 506 g/mol. The quantitative estimate of drug-likeness (QED) is 0.406. The van der Waals surface area contributed by atoms with Crippen LogP contribution in [0.4, 0.5) is 23.2 Å². The van der Waals surface area contributed by atoms with E-state index in [1.165, 1.54) is 31.5 Å². The Morgan fingerprint density at radius 3 is 2.82 bits per heavy atom. The number of anilines is 1. The largest absolute Gasteiger partial charge is 0.467 e. The number of methoxy groups -OCH3 is 1. The Morgan fingerprint density at radius 1 is 1.34 bits per heavy atom. The molecule has 202 valence electrons. The standard InChI is InChI=1S/C26H27F4N5O3/c1-15(26(28,29)30)23-17-7-4-8-20(34-21-9-11-35(2)14-19(21)27)18(17)12-16(33-23)6-5-10-31-24(36)25-32-13-22(37-3)38-25/h4-8,12-13,19,21,34H,1,9-11,14H2,2-3H3,(H,31,36)/b6-5+/t19-,21+/m0/s1. The molecule has 0 spiro atoms. The van der Waals surface area contributed by atoms with Crippen molar-refractivity contribution in [3.8, 4) is 5.95 Å². The number of benzene rings is 1. The Morgan fingerprint density at radius 2 is 2.13 bits per heavy atom. The number of alkyl halides is 4. The maximum atomic E-state index is 14.7. The fourth-order valence-corrected chi connectivity index (χ4v) is 4.16. The van der Waals surface area contributed by atoms with Crippen molar-refractivity contribution in [3.05, 3.63) is 60.4 Å². The van der Waals surface area contributed by atoms with E-state index in [1.54, 1.807) is 18.2 Å². The van der Waals surface area contributed by atoms with Crippen LogP contribution in [0, 0.1) is 0 Å². The molecule has 8 nitrogen and oxygen atoms in total. The van der Waals surface area contributed by atoms with E-state index in [1.807, 2.05) is 11.9 Å². The van der Waals surface area contributed by atoms with Gasteiger partial charge < -0.3 is 24.7 Å². The zero-order valence-electron chi connectivity index (χ0n) is 20.8. The van der Waals surface area contributed by atoms with Gasteiger partial charge in [-0.3, -0.25) is 4.79 Å². The van der Waals surface area contributed by atoms with Crippen molar-refractivity contribution in [3.63, 3.8) is 0 Å². The molecule has 38 heavy (non-hydrogen) atoms. The van der Waals surface area contributed by atoms with Gasteiger partial charge in [0.1, 0.15) is 12.4 Å². The van der Waals surface area contributed by atoms with Gasteiger partial charge >= 0.3 is 18.0 Å². The number of rotatable bonds is 8. The van der Waals surface area contributed by atoms with Crippen LogP contribution in [-0.2, 0) is 0 Å². The Labute approximate surface area is 216 Å². The number of likely N-dealkylation sites (tertiary alicyclic amines) is 1. The Hall–Kier alpha value is -3.93. The third-order valence-electron chi connectivity index (χ3n) is 6.16. The summed E-state index contributed by atoms with van der Waals surface area (Å²) in [5.41, 5.74) is -0.711. The fraction of sp³-hybridized carbons (Fsp3) is 0.346. The van der Waals surface area contributed by atoms with Crippen LogP contribution >= 0.6 is 0 Å². The van der Waals surface area contributed by atoms with E-state index in [0.29, 0.717) is 24.0 Å². The summed E-state index contributed by atoms with van der Waals surface area (Å²) in [6, 6.07) is 5.96. The lowest BCUT2D eigenvalue weighted by Gasteiger charge is -2.33. The summed E-state index contributed by atoms with van der Waals surface area (Å²) in [5, 5.41) is 6.43. The predicted molar refractivity (Wildman–Crippen MR) is 136 cm³/mol. The number of hydrogen-bond donors (Lipinski definition) is 2. The first-order valence-corrected chi connectivity index (χ1v) is 11.8. The molecule has 2 atom stereocenters. The Bertz CT molecular complexity index is 1350. The van der Waals surface area contributed by atoms with Crippen molar-refractivity contribution >= 4 is 34.0 Å². The summed E-state index contributed by atoms with van der Waals surface area (Å²) >= 11 is 0. The first-order valence-electron chi connectivity index (χ1n) is 11.8. The molecular formula is C26H27F4N5O3. The third-order valence-corrected chi connectivity index (χ3v) is 6.16. The molecule has 0 bridgehead atoms. The summed E-state index contributed by atoms with van der Waals surface area (Å²) in [5.74, 6) is -0.716. The normalized spacial score (nSPS) is 18.6. The van der Waals surface area contributed by atoms with Gasteiger partial charge in [0.15, 0.2) is 0 Å². The molecule has 2 aromatic heterocycles. The molecule has 12 heteroatoms. The number of pyridine rings is 1. The number of carbonyl (C=O) groups is 1. The second-order valence-corrected chi connectivity index (χ2v) is 8.89. The summed E-state index contributed by atoms with van der Waals surface area (Å²) < 4.78 is 65.5. The number of nitrogens with zero attached hydrogens (tertiary/aromatic N) is 3. The second kappa shape index (κ2) is 11.2. The van der Waals surface area contributed by atoms with E-state index in [4.69, 9.17) is 9.15 Å². The summed E-state index contributed by atoms with van der Waals surface area (Å²) in [7, 11) is 3.21. The van der Waals surface area contributed by atoms with E-state index >= 15 is 0 Å². The highest BCUT2D eigenvalue weighted by Gasteiger charge is 2.35. The van der Waals surface area contributed by atoms with Crippen LogP contribution in [0.5, 0.6) is 5.95 Å². The minimum Gasteiger partial charge on any atom is -0.467 e. The van der Waals surface area contributed by atoms with Crippen molar-refractivity contribution in [2.24, 2.45) is 0 Å². The average molecular weight is 534 g/mol. The summed E-state index contributed by atoms with van der Waals surface area (Å²) in [4.78, 5) is 22.0. The van der Waals surface area contributed by atoms with E-state index in [0.717, 1.165) is 0 Å². The number of nitrogens with one attached hydrogen (secondary N) is 2. The van der Waals surface area contributed by atoms with Crippen molar-refractivity contribution < 1.29 is 31.5 Å². The van der Waals surface area contributed by atoms with E-state index in [-0.39, 0.29) is 41.7 Å². The van der Waals surface area contributed by atoms with Crippen LogP contribution in [0.3, 0.4) is 0 Å². The molecule has 1 saturated heterocycles. The van der Waals surface area contributed by atoms with Gasteiger partial charge in [0, 0.05) is 36.1 Å². The molecule has 3 heterocycles. The van der Waals surface area contributed by atoms with Crippen LogP contribution in [0.1, 0.15) is 28.5 Å². The van der Waals surface area contributed by atoms with Gasteiger partial charge in [0.2, 0.25) is 0 Å². The molecule has 1 amide bonds. The number of ether oxygens (including phenoxy) is 1. The number of oxazole rings is 1. The number of fused-ring (bicyclic) bond motifs is 1. The minimum absolute atomic E-state index is 0.0256. The van der Waals surface area contributed by atoms with Gasteiger partial charge in [0.05, 0.1) is 30.1 Å². The smallest absolute Gasteiger partial charge is 0.417 e. The van der Waals surface area contributed by atoms with E-state index < -0.39 is 29.9 Å². The number of halogens is 4. The Balaban J connectivity index is 1.62. The molecule has 1 aliphatic heterocycles. The maximum Gasteiger partial charge on any atom is 0.417 e. The van der Waals surface area contributed by atoms with Crippen LogP contribution < -0.4 is 15.4 Å². The van der Waals surface area contributed by atoms with Gasteiger partial charge in [-0.2, -0.15) is 13.2 Å². The first-order chi connectivity index (χ1) is 18.1. The van der Waals surface area contributed by atoms with Gasteiger partial charge in [-0.1, -0.05) is 24.8 Å². The van der Waals surface area contributed by atoms with Crippen LogP contribution in [0.25, 0.3) is 22.4 Å². The second-order valence-electron chi connectivity index (χ2n) is 8.89. The molecule has 1 aliphatic rings. The number of aromatic nitrogens is 2. The monoisotopic (exact) mass is 533 g/mol. The lowest BCUT2D eigenvalue weighted by Crippen LogP contribution is -2.46. The number of carbonyl (C=O) groups excluding carboxylic acids is 1. The molecule has 1 fully saturated rings. The molecule has 4 rings (SSSR count). The lowest BCUT2D eigenvalue weighted by atomic mass is 9.99. The number of amides is 1. The molecule has 0 aliphatic carbocycles. The van der Waals surface area contributed by atoms with Crippen molar-refractivity contribution in [1.82, 2.24) is 20.2 Å². The van der Waals surface area contributed by atoms with E-state index in [9.17, 15) is 22.4 Å². The molecule has 0 unspecified atom stereocenters. The molecule has 0 saturated carbocycles. The molecule has 0 radical (unpaired) electrons. The minimum atomic E-state index is -4.70. The number of hydrogen-bond acceptors (Lipinski definition) is 7. The highest BCUT2D eigenvalue weighted by Crippen LogP contribution is 2.37. The van der Waals surface area contributed by atoms with Gasteiger partial charge in [-0.15, -0.1) is 0 Å². The van der Waals surface area contributed by atoms with Crippen molar-refractivity contribution in [2.45, 2.75) is 24.8 Å². The SMILES string of the molecule is C=C(c1nc(/C=C/CNC(=O)c2ncc(OC)o2)cc2c(N[C@@H]3CCN(C)C[C@@H]3F)cccc12)C(F)(F)F. The topological polar surface area (TPSA) is 92.5 Å². The highest BCUT2D eigenvalue weighted by atomic mass is 19.4. The predicted octanol–water partition coefficient (Wildman–Crippen LogP) is 4.70. The average Bonchev–Trinajstić information content (AvgIpc) is 3.36. The van der Waals surface area contributed by atoms with Crippen LogP contribution in [-0.4, -0.2) is 73.0 Å². The van der Waals surface area contributed by atoms with Crippen LogP contribution in [0.15, 0.2) is 47.5 Å². The summed E-state index contributed by atoms with van der Waals surface area (Å²) in [6.07, 6.45) is -1.04. The zero-order valence-corrected chi connectivity index (χ0v) is 20.8. The van der Waals surface area contributed by atoms with Crippen molar-refractivity contribution in [1.29, 1.82) is 0 Å². The van der Waals surface area contributed by atoms with E-state index in [2.05, 4.69) is 27.2 Å². The summed E-state index contributed by atoms with van der Waals surface area (Å²) in [6.45, 7) is 4.22. The Kier molecular flexibility index (Phi) is 8.00. The zero-order chi connectivity index (χ0) is 27.4. The van der Waals surface area contributed by atoms with Crippen LogP contribution in [0.2, 0.25) is 0 Å². The highest BCUT2D eigenvalue weighted by molar-refractivity contribution is 6.01. The molecule has 1 aromatic carbocycles. The van der Waals surface area contributed by atoms with Crippen molar-refractivity contribution in [2.75, 3.05) is 39.1 Å². The van der Waals surface area contributed by atoms with Gasteiger partial charge in [-0.05, 0) is 31.7 Å². The number of piperidine rings is 1. The lowest BCUT2D eigenvalue weighted by molar-refractivity contribution is -0.0688. The fourth-order valence-electron chi connectivity index (χ4n) is 4.16. The van der Waals surface area contributed by atoms with Gasteiger partial charge in [0.25, 0.3) is 5.89 Å².